The van der Waals surface area contributed by atoms with E-state index >= 15 is 0 Å². The first kappa shape index (κ1) is 22.6. The number of ether oxygens (including phenoxy) is 1. The van der Waals surface area contributed by atoms with E-state index in [9.17, 15) is 14.0 Å². The van der Waals surface area contributed by atoms with Gasteiger partial charge in [0.1, 0.15) is 23.9 Å². The van der Waals surface area contributed by atoms with E-state index < -0.39 is 5.69 Å². The number of aryl methyl sites for hydroxylation is 1. The number of hydrogen-bond acceptors (Lipinski definition) is 6. The molecule has 4 aromatic rings. The van der Waals surface area contributed by atoms with Gasteiger partial charge in [0.2, 0.25) is 5.91 Å². The highest BCUT2D eigenvalue weighted by Crippen LogP contribution is 2.22. The Hall–Kier alpha value is -4.21. The van der Waals surface area contributed by atoms with Gasteiger partial charge in [0.15, 0.2) is 5.65 Å². The molecule has 5 rings (SSSR count). The van der Waals surface area contributed by atoms with Crippen molar-refractivity contribution in [2.75, 3.05) is 38.2 Å². The molecule has 2 aromatic carbocycles. The molecule has 10 heteroatoms. The molecule has 0 saturated carbocycles. The van der Waals surface area contributed by atoms with Crippen molar-refractivity contribution in [3.8, 4) is 17.0 Å². The van der Waals surface area contributed by atoms with Crippen molar-refractivity contribution < 1.29 is 13.9 Å². The lowest BCUT2D eigenvalue weighted by Crippen LogP contribution is -2.50. The maximum Gasteiger partial charge on any atom is 0.352 e. The van der Waals surface area contributed by atoms with Gasteiger partial charge in [-0.25, -0.2) is 23.3 Å². The summed E-state index contributed by atoms with van der Waals surface area (Å²) in [5.41, 5.74) is 2.08. The lowest BCUT2D eigenvalue weighted by atomic mass is 10.1. The van der Waals surface area contributed by atoms with E-state index in [2.05, 4.69) is 10.1 Å². The number of nitrogens with zero attached hydrogens (tertiary/aromatic N) is 6. The number of hydrogen-bond donors (Lipinski definition) is 0. The molecule has 1 amide bonds. The average Bonchev–Trinajstić information content (AvgIpc) is 3.19. The Labute approximate surface area is 201 Å². The first-order chi connectivity index (χ1) is 16.9. The van der Waals surface area contributed by atoms with Gasteiger partial charge in [-0.2, -0.15) is 0 Å². The number of carbonyl (C=O) groups is 1. The molecule has 9 nitrogen and oxygen atoms in total. The van der Waals surface area contributed by atoms with Gasteiger partial charge in [-0.1, -0.05) is 12.1 Å². The quantitative estimate of drug-likeness (QED) is 0.440. The number of fused-ring (bicyclic) bond motifs is 1. The van der Waals surface area contributed by atoms with Gasteiger partial charge >= 0.3 is 5.69 Å². The van der Waals surface area contributed by atoms with Crippen molar-refractivity contribution in [2.45, 2.75) is 13.5 Å². The third-order valence-corrected chi connectivity index (χ3v) is 6.23. The number of rotatable bonds is 5. The summed E-state index contributed by atoms with van der Waals surface area (Å²) in [6.07, 6.45) is 0. The zero-order chi connectivity index (χ0) is 24.5. The van der Waals surface area contributed by atoms with Crippen LogP contribution in [0, 0.1) is 12.7 Å². The normalized spacial score (nSPS) is 13.9. The van der Waals surface area contributed by atoms with Crippen molar-refractivity contribution in [3.63, 3.8) is 0 Å². The Balaban J connectivity index is 1.32. The maximum atomic E-state index is 14.1. The summed E-state index contributed by atoms with van der Waals surface area (Å²) in [6, 6.07) is 15.8. The first-order valence-corrected chi connectivity index (χ1v) is 11.3. The molecule has 1 saturated heterocycles. The molecule has 0 unspecified atom stereocenters. The van der Waals surface area contributed by atoms with E-state index in [1.165, 1.54) is 15.1 Å². The van der Waals surface area contributed by atoms with Crippen LogP contribution < -0.4 is 15.3 Å². The number of piperazine rings is 1. The van der Waals surface area contributed by atoms with Gasteiger partial charge in [-0.15, -0.1) is 5.10 Å². The standard InChI is InChI=1S/C25H25FN6O3/c1-17-27-21(18-7-9-19(35-2)10-8-18)15-23-28-31(25(34)32(17)23)16-24(33)30-13-11-29(12-14-30)22-6-4-3-5-20(22)26/h3-10,15H,11-14,16H2,1-2H3. The Bertz CT molecular complexity index is 1440. The predicted octanol–water partition coefficient (Wildman–Crippen LogP) is 2.36. The number of methoxy groups -OCH3 is 1. The minimum atomic E-state index is -0.412. The molecule has 3 heterocycles. The minimum absolute atomic E-state index is 0.169. The highest BCUT2D eigenvalue weighted by Gasteiger charge is 2.24. The largest absolute Gasteiger partial charge is 0.497 e. The van der Waals surface area contributed by atoms with Gasteiger partial charge in [-0.3, -0.25) is 4.79 Å². The molecule has 0 radical (unpaired) electrons. The van der Waals surface area contributed by atoms with Crippen LogP contribution in [-0.2, 0) is 11.3 Å². The Morgan fingerprint density at radius 1 is 1.06 bits per heavy atom. The van der Waals surface area contributed by atoms with Crippen LogP contribution in [0.1, 0.15) is 5.82 Å². The topological polar surface area (TPSA) is 85.0 Å². The molecule has 0 N–H and O–H groups in total. The third kappa shape index (κ3) is 4.34. The fourth-order valence-electron chi connectivity index (χ4n) is 4.35. The van der Waals surface area contributed by atoms with Crippen LogP contribution in [0.2, 0.25) is 0 Å². The van der Waals surface area contributed by atoms with Gasteiger partial charge in [0.05, 0.1) is 18.5 Å². The van der Waals surface area contributed by atoms with Crippen molar-refractivity contribution in [3.05, 3.63) is 76.7 Å². The average molecular weight is 477 g/mol. The number of carbonyl (C=O) groups excluding carboxylic acids is 1. The lowest BCUT2D eigenvalue weighted by Gasteiger charge is -2.36. The number of anilines is 1. The van der Waals surface area contributed by atoms with Crippen molar-refractivity contribution in [1.29, 1.82) is 0 Å². The summed E-state index contributed by atoms with van der Waals surface area (Å²) >= 11 is 0. The van der Waals surface area contributed by atoms with Crippen LogP contribution in [0.15, 0.2) is 59.4 Å². The number of halogens is 1. The monoisotopic (exact) mass is 476 g/mol. The van der Waals surface area contributed by atoms with Crippen molar-refractivity contribution in [2.24, 2.45) is 0 Å². The van der Waals surface area contributed by atoms with Crippen molar-refractivity contribution in [1.82, 2.24) is 24.1 Å². The molecule has 2 aromatic heterocycles. The third-order valence-electron chi connectivity index (χ3n) is 6.23. The fraction of sp³-hybridized carbons (Fsp3) is 0.280. The van der Waals surface area contributed by atoms with Gasteiger partial charge in [0.25, 0.3) is 0 Å². The van der Waals surface area contributed by atoms with Crippen LogP contribution in [-0.4, -0.2) is 63.3 Å². The minimum Gasteiger partial charge on any atom is -0.497 e. The Kier molecular flexibility index (Phi) is 5.94. The van der Waals surface area contributed by atoms with E-state index in [1.54, 1.807) is 43.2 Å². The van der Waals surface area contributed by atoms with Crippen LogP contribution in [0.4, 0.5) is 10.1 Å². The van der Waals surface area contributed by atoms with Gasteiger partial charge in [0, 0.05) is 37.8 Å². The van der Waals surface area contributed by atoms with E-state index in [0.29, 0.717) is 49.0 Å². The molecule has 1 aliphatic heterocycles. The van der Waals surface area contributed by atoms with E-state index in [4.69, 9.17) is 4.74 Å². The summed E-state index contributed by atoms with van der Waals surface area (Å²) in [5.74, 6) is 0.738. The highest BCUT2D eigenvalue weighted by atomic mass is 19.1. The molecule has 180 valence electrons. The summed E-state index contributed by atoms with van der Waals surface area (Å²) in [6.45, 7) is 3.48. The predicted molar refractivity (Wildman–Crippen MR) is 129 cm³/mol. The molecule has 0 spiro atoms. The van der Waals surface area contributed by atoms with Crippen LogP contribution in [0.25, 0.3) is 16.9 Å². The molecular formula is C25H25FN6O3. The van der Waals surface area contributed by atoms with Crippen LogP contribution in [0.3, 0.4) is 0 Å². The second-order valence-electron chi connectivity index (χ2n) is 8.37. The summed E-state index contributed by atoms with van der Waals surface area (Å²) in [7, 11) is 1.60. The van der Waals surface area contributed by atoms with Crippen molar-refractivity contribution >= 4 is 17.2 Å². The van der Waals surface area contributed by atoms with Crippen LogP contribution >= 0.6 is 0 Å². The molecule has 1 fully saturated rings. The highest BCUT2D eigenvalue weighted by molar-refractivity contribution is 5.76. The summed E-state index contributed by atoms with van der Waals surface area (Å²) in [5, 5.41) is 4.40. The molecular weight excluding hydrogens is 451 g/mol. The van der Waals surface area contributed by atoms with Crippen LogP contribution in [0.5, 0.6) is 5.75 Å². The molecule has 0 bridgehead atoms. The Morgan fingerprint density at radius 3 is 2.46 bits per heavy atom. The molecule has 0 atom stereocenters. The maximum absolute atomic E-state index is 14.1. The second kappa shape index (κ2) is 9.21. The zero-order valence-electron chi connectivity index (χ0n) is 19.5. The van der Waals surface area contributed by atoms with E-state index in [0.717, 1.165) is 11.3 Å². The van der Waals surface area contributed by atoms with E-state index in [1.807, 2.05) is 29.2 Å². The number of para-hydroxylation sites is 1. The lowest BCUT2D eigenvalue weighted by molar-refractivity contribution is -0.132. The molecule has 0 aliphatic carbocycles. The first-order valence-electron chi connectivity index (χ1n) is 11.3. The summed E-state index contributed by atoms with van der Waals surface area (Å²) in [4.78, 5) is 34.1. The smallest absolute Gasteiger partial charge is 0.352 e. The van der Waals surface area contributed by atoms with E-state index in [-0.39, 0.29) is 18.3 Å². The second-order valence-corrected chi connectivity index (χ2v) is 8.37. The fourth-order valence-corrected chi connectivity index (χ4v) is 4.35. The van der Waals surface area contributed by atoms with Gasteiger partial charge in [-0.05, 0) is 43.3 Å². The summed E-state index contributed by atoms with van der Waals surface area (Å²) < 4.78 is 21.9. The molecule has 35 heavy (non-hydrogen) atoms. The Morgan fingerprint density at radius 2 is 1.77 bits per heavy atom. The van der Waals surface area contributed by atoms with Gasteiger partial charge < -0.3 is 14.5 Å². The SMILES string of the molecule is COc1ccc(-c2cc3nn(CC(=O)N4CCN(c5ccccc5F)CC4)c(=O)n3c(C)n2)cc1. The number of amides is 1. The number of benzene rings is 2. The zero-order valence-corrected chi connectivity index (χ0v) is 19.5. The number of aromatic nitrogens is 4. The molecule has 1 aliphatic rings.